The third kappa shape index (κ3) is 9.47. The smallest absolute Gasteiger partial charge is 0.0498 e. The number of hydrogen-bond acceptors (Lipinski definition) is 2. The highest BCUT2D eigenvalue weighted by molar-refractivity contribution is 7.84. The van der Waals surface area contributed by atoms with Crippen LogP contribution in [-0.2, 0) is 10.8 Å². The van der Waals surface area contributed by atoms with Crippen LogP contribution in [0.25, 0.3) is 0 Å². The second-order valence-corrected chi connectivity index (χ2v) is 9.70. The van der Waals surface area contributed by atoms with E-state index >= 15 is 0 Å². The number of anilines is 2. The first kappa shape index (κ1) is 24.7. The Morgan fingerprint density at radius 3 is 1.60 bits per heavy atom. The summed E-state index contributed by atoms with van der Waals surface area (Å²) in [5.41, 5.74) is 2.41. The Morgan fingerprint density at radius 2 is 1.10 bits per heavy atom. The number of para-hydroxylation sites is 1. The molecular formula is C27H41NOS. The van der Waals surface area contributed by atoms with Crippen LogP contribution in [0, 0.1) is 0 Å². The van der Waals surface area contributed by atoms with Gasteiger partial charge in [-0.25, -0.2) is 0 Å². The molecule has 0 spiro atoms. The fraction of sp³-hybridized carbons (Fsp3) is 0.556. The molecule has 0 radical (unpaired) electrons. The lowest BCUT2D eigenvalue weighted by molar-refractivity contribution is 0.544. The van der Waals surface area contributed by atoms with Crippen LogP contribution in [0.4, 0.5) is 11.4 Å². The van der Waals surface area contributed by atoms with E-state index in [0.717, 1.165) is 11.4 Å². The molecule has 1 unspecified atom stereocenters. The first-order valence-corrected chi connectivity index (χ1v) is 13.5. The van der Waals surface area contributed by atoms with Crippen molar-refractivity contribution in [2.75, 3.05) is 17.7 Å². The zero-order valence-electron chi connectivity index (χ0n) is 19.2. The molecule has 0 saturated carbocycles. The average Bonchev–Trinajstić information content (AvgIpc) is 2.78. The van der Waals surface area contributed by atoms with E-state index in [9.17, 15) is 4.21 Å². The molecule has 166 valence electrons. The Labute approximate surface area is 187 Å². The largest absolute Gasteiger partial charge is 0.341 e. The zero-order chi connectivity index (χ0) is 21.4. The second-order valence-electron chi connectivity index (χ2n) is 8.32. The number of unbranched alkanes of at least 4 members (excludes halogenated alkanes) is 11. The van der Waals surface area contributed by atoms with Crippen molar-refractivity contribution in [1.82, 2.24) is 0 Å². The Kier molecular flexibility index (Phi) is 12.5. The van der Waals surface area contributed by atoms with E-state index in [4.69, 9.17) is 0 Å². The third-order valence-corrected chi connectivity index (χ3v) is 6.72. The third-order valence-electron chi connectivity index (χ3n) is 5.78. The van der Waals surface area contributed by atoms with E-state index in [0.29, 0.717) is 0 Å². The van der Waals surface area contributed by atoms with Crippen LogP contribution >= 0.6 is 0 Å². The lowest BCUT2D eigenvalue weighted by atomic mass is 10.1. The Balaban J connectivity index is 1.71. The summed E-state index contributed by atoms with van der Waals surface area (Å²) in [5, 5.41) is 0. The molecule has 0 amide bonds. The monoisotopic (exact) mass is 427 g/mol. The van der Waals surface area contributed by atoms with Gasteiger partial charge in [-0.3, -0.25) is 4.21 Å². The van der Waals surface area contributed by atoms with Crippen molar-refractivity contribution < 1.29 is 4.21 Å². The van der Waals surface area contributed by atoms with Gasteiger partial charge in [-0.05, 0) is 42.8 Å². The van der Waals surface area contributed by atoms with E-state index in [-0.39, 0.29) is 0 Å². The van der Waals surface area contributed by atoms with Gasteiger partial charge in [0.15, 0.2) is 0 Å². The quantitative estimate of drug-likeness (QED) is 0.251. The molecule has 0 bridgehead atoms. The molecular weight excluding hydrogens is 386 g/mol. The van der Waals surface area contributed by atoms with Gasteiger partial charge in [-0.1, -0.05) is 95.8 Å². The molecule has 0 fully saturated rings. The second kappa shape index (κ2) is 15.2. The fourth-order valence-corrected chi connectivity index (χ4v) is 4.46. The maximum atomic E-state index is 11.7. The molecule has 0 saturated heterocycles. The number of rotatable bonds is 16. The molecule has 30 heavy (non-hydrogen) atoms. The van der Waals surface area contributed by atoms with Crippen LogP contribution in [0.1, 0.15) is 84.0 Å². The standard InChI is InChI=1S/C27H41NOS/c1-3-4-5-6-7-8-9-10-11-12-13-17-24-28(25-18-15-14-16-19-25)26-20-22-27(23-21-26)30(2)29/h14-16,18-23H,3-13,17,24H2,1-2H3. The summed E-state index contributed by atoms with van der Waals surface area (Å²) < 4.78 is 11.7. The van der Waals surface area contributed by atoms with Crippen LogP contribution in [0.3, 0.4) is 0 Å². The summed E-state index contributed by atoms with van der Waals surface area (Å²) in [4.78, 5) is 3.27. The zero-order valence-corrected chi connectivity index (χ0v) is 20.0. The summed E-state index contributed by atoms with van der Waals surface area (Å²) in [5.74, 6) is 0. The van der Waals surface area contributed by atoms with Crippen LogP contribution in [0.2, 0.25) is 0 Å². The molecule has 0 aliphatic rings. The van der Waals surface area contributed by atoms with Crippen molar-refractivity contribution in [3.8, 4) is 0 Å². The molecule has 2 aromatic rings. The molecule has 3 heteroatoms. The van der Waals surface area contributed by atoms with Gasteiger partial charge in [0.05, 0.1) is 0 Å². The summed E-state index contributed by atoms with van der Waals surface area (Å²) >= 11 is 0. The van der Waals surface area contributed by atoms with Gasteiger partial charge in [0, 0.05) is 39.9 Å². The van der Waals surface area contributed by atoms with Crippen LogP contribution < -0.4 is 4.90 Å². The highest BCUT2D eigenvalue weighted by Gasteiger charge is 2.09. The molecule has 0 N–H and O–H groups in total. The Morgan fingerprint density at radius 1 is 0.633 bits per heavy atom. The minimum atomic E-state index is -0.928. The van der Waals surface area contributed by atoms with E-state index in [1.807, 2.05) is 12.1 Å². The fourth-order valence-electron chi connectivity index (χ4n) is 3.94. The lowest BCUT2D eigenvalue weighted by Crippen LogP contribution is -2.18. The molecule has 2 nitrogen and oxygen atoms in total. The normalized spacial score (nSPS) is 12.1. The molecule has 2 aromatic carbocycles. The van der Waals surface area contributed by atoms with Crippen molar-refractivity contribution in [3.63, 3.8) is 0 Å². The molecule has 1 atom stereocenters. The number of hydrogen-bond donors (Lipinski definition) is 0. The van der Waals surface area contributed by atoms with Gasteiger partial charge >= 0.3 is 0 Å². The Bertz CT molecular complexity index is 699. The van der Waals surface area contributed by atoms with Gasteiger partial charge in [-0.2, -0.15) is 0 Å². The van der Waals surface area contributed by atoms with Crippen molar-refractivity contribution in [2.24, 2.45) is 0 Å². The highest BCUT2D eigenvalue weighted by Crippen LogP contribution is 2.26. The van der Waals surface area contributed by atoms with Gasteiger partial charge in [-0.15, -0.1) is 0 Å². The van der Waals surface area contributed by atoms with Crippen LogP contribution in [0.15, 0.2) is 59.5 Å². The molecule has 0 aromatic heterocycles. The van der Waals surface area contributed by atoms with Crippen molar-refractivity contribution in [3.05, 3.63) is 54.6 Å². The minimum Gasteiger partial charge on any atom is -0.341 e. The van der Waals surface area contributed by atoms with Crippen LogP contribution in [0.5, 0.6) is 0 Å². The number of nitrogens with zero attached hydrogens (tertiary/aromatic N) is 1. The first-order chi connectivity index (χ1) is 14.7. The topological polar surface area (TPSA) is 20.3 Å². The van der Waals surface area contributed by atoms with Crippen molar-refractivity contribution in [2.45, 2.75) is 88.9 Å². The van der Waals surface area contributed by atoms with Crippen molar-refractivity contribution >= 4 is 22.2 Å². The van der Waals surface area contributed by atoms with E-state index in [1.165, 1.54) is 88.4 Å². The van der Waals surface area contributed by atoms with Gasteiger partial charge < -0.3 is 4.90 Å². The minimum absolute atomic E-state index is 0.886. The summed E-state index contributed by atoms with van der Waals surface area (Å²) in [6, 6.07) is 18.8. The lowest BCUT2D eigenvalue weighted by Gasteiger charge is -2.25. The predicted octanol–water partition coefficient (Wildman–Crippen LogP) is 8.26. The average molecular weight is 428 g/mol. The van der Waals surface area contributed by atoms with Gasteiger partial charge in [0.1, 0.15) is 0 Å². The van der Waals surface area contributed by atoms with Gasteiger partial charge in [0.25, 0.3) is 0 Å². The number of benzene rings is 2. The summed E-state index contributed by atoms with van der Waals surface area (Å²) in [7, 11) is -0.928. The van der Waals surface area contributed by atoms with E-state index < -0.39 is 10.8 Å². The summed E-state index contributed by atoms with van der Waals surface area (Å²) in [6.07, 6.45) is 18.2. The Hall–Kier alpha value is -1.61. The predicted molar refractivity (Wildman–Crippen MR) is 133 cm³/mol. The van der Waals surface area contributed by atoms with Crippen molar-refractivity contribution in [1.29, 1.82) is 0 Å². The first-order valence-electron chi connectivity index (χ1n) is 12.0. The molecule has 0 aliphatic heterocycles. The van der Waals surface area contributed by atoms with Gasteiger partial charge in [0.2, 0.25) is 0 Å². The maximum Gasteiger partial charge on any atom is 0.0498 e. The van der Waals surface area contributed by atoms with Crippen LogP contribution in [-0.4, -0.2) is 17.0 Å². The SMILES string of the molecule is CCCCCCCCCCCCCCN(c1ccccc1)c1ccc(S(C)=O)cc1. The van der Waals surface area contributed by atoms with E-state index in [2.05, 4.69) is 54.3 Å². The molecule has 2 rings (SSSR count). The summed E-state index contributed by atoms with van der Waals surface area (Å²) in [6.45, 7) is 3.31. The molecule has 0 heterocycles. The highest BCUT2D eigenvalue weighted by atomic mass is 32.2. The van der Waals surface area contributed by atoms with E-state index in [1.54, 1.807) is 6.26 Å². The maximum absolute atomic E-state index is 11.7. The molecule has 0 aliphatic carbocycles.